The Morgan fingerprint density at radius 1 is 0.932 bits per heavy atom. The van der Waals surface area contributed by atoms with E-state index in [0.29, 0.717) is 23.5 Å². The highest BCUT2D eigenvalue weighted by atomic mass is 32.2. The Morgan fingerprint density at radius 3 is 2.34 bits per heavy atom. The number of rotatable bonds is 14. The van der Waals surface area contributed by atoms with Crippen LogP contribution in [0.25, 0.3) is 0 Å². The Morgan fingerprint density at radius 2 is 1.64 bits per heavy atom. The van der Waals surface area contributed by atoms with E-state index in [1.54, 1.807) is 12.1 Å². The van der Waals surface area contributed by atoms with E-state index in [0.717, 1.165) is 88.6 Å². The summed E-state index contributed by atoms with van der Waals surface area (Å²) in [5.41, 5.74) is 2.25. The van der Waals surface area contributed by atoms with Crippen molar-refractivity contribution in [2.45, 2.75) is 114 Å². The summed E-state index contributed by atoms with van der Waals surface area (Å²) >= 11 is 1.43. The second-order valence-corrected chi connectivity index (χ2v) is 15.7. The minimum atomic E-state index is -5.47. The van der Waals surface area contributed by atoms with Crippen LogP contribution >= 0.6 is 11.8 Å². The minimum Gasteiger partial charge on any atom is -0.508 e. The fourth-order valence-electron chi connectivity index (χ4n) is 9.49. The summed E-state index contributed by atoms with van der Waals surface area (Å²) in [7, 11) is 2.05. The van der Waals surface area contributed by atoms with Crippen molar-refractivity contribution in [3.8, 4) is 5.75 Å². The van der Waals surface area contributed by atoms with Crippen molar-refractivity contribution in [1.29, 1.82) is 0 Å². The van der Waals surface area contributed by atoms with Crippen molar-refractivity contribution in [2.75, 3.05) is 31.6 Å². The molecule has 44 heavy (non-hydrogen) atoms. The van der Waals surface area contributed by atoms with Crippen LogP contribution in [-0.4, -0.2) is 70.1 Å². The largest absolute Gasteiger partial charge is 0.508 e. The first-order valence-corrected chi connectivity index (χ1v) is 17.8. The number of alkyl halides is 5. The Balaban J connectivity index is 1.07. The number of benzene rings is 1. The number of hydrogen-bond donors (Lipinski definition) is 3. The third kappa shape index (κ3) is 6.52. The van der Waals surface area contributed by atoms with Gasteiger partial charge in [0.1, 0.15) is 5.75 Å². The van der Waals surface area contributed by atoms with Gasteiger partial charge < -0.3 is 20.2 Å². The van der Waals surface area contributed by atoms with Crippen molar-refractivity contribution in [3.63, 3.8) is 0 Å². The summed E-state index contributed by atoms with van der Waals surface area (Å²) in [5, 5.41) is 33.2. The maximum Gasteiger partial charge on any atom is 0.453 e. The van der Waals surface area contributed by atoms with Crippen molar-refractivity contribution < 1.29 is 37.3 Å². The average Bonchev–Trinajstić information content (AvgIpc) is 3.74. The zero-order valence-corrected chi connectivity index (χ0v) is 26.9. The SMILES string of the molecule is CN(CCCCCC1C2C(CC[C@@]3(C)C2C[C@@H](O)C32CC2)c2ccc(O)cc2[C@H]1O)CCCSCCCC(F)(F)C(F)(F)F. The molecule has 4 unspecified atom stereocenters. The summed E-state index contributed by atoms with van der Waals surface area (Å²) in [4.78, 5) is 2.24. The standard InChI is InChI=1S/C34H50F5NO3S/c1-31-13-11-24-23-10-9-22(41)20-26(23)30(43)25(29(24)27(31)21-28(42)32(31)14-15-32)8-4-3-5-16-40(2)17-7-19-44-18-6-12-33(35,36)34(37,38)39/h9-10,20,24-25,27-30,41-43H,3-8,11-19,21H2,1-2H3/t24?,25?,27?,28-,29?,30+,31+/m1/s1. The van der Waals surface area contributed by atoms with Crippen LogP contribution in [0.3, 0.4) is 0 Å². The molecule has 250 valence electrons. The molecule has 0 heterocycles. The van der Waals surface area contributed by atoms with Gasteiger partial charge in [-0.25, -0.2) is 0 Å². The Kier molecular flexibility index (Phi) is 10.3. The van der Waals surface area contributed by atoms with Gasteiger partial charge in [0.2, 0.25) is 0 Å². The van der Waals surface area contributed by atoms with Gasteiger partial charge in [-0.05, 0) is 142 Å². The predicted octanol–water partition coefficient (Wildman–Crippen LogP) is 8.31. The quantitative estimate of drug-likeness (QED) is 0.140. The molecule has 0 amide bonds. The number of aliphatic hydroxyl groups is 2. The topological polar surface area (TPSA) is 63.9 Å². The Bertz CT molecular complexity index is 1130. The van der Waals surface area contributed by atoms with E-state index in [1.807, 2.05) is 6.07 Å². The monoisotopic (exact) mass is 647 g/mol. The first-order chi connectivity index (χ1) is 20.7. The van der Waals surface area contributed by atoms with Gasteiger partial charge in [-0.15, -0.1) is 0 Å². The molecule has 7 atom stereocenters. The zero-order valence-electron chi connectivity index (χ0n) is 26.1. The molecule has 3 N–H and O–H groups in total. The second kappa shape index (κ2) is 13.2. The van der Waals surface area contributed by atoms with Crippen LogP contribution in [0.1, 0.15) is 107 Å². The molecule has 0 aliphatic heterocycles. The smallest absolute Gasteiger partial charge is 0.453 e. The molecule has 3 fully saturated rings. The molecule has 4 aliphatic carbocycles. The van der Waals surface area contributed by atoms with E-state index >= 15 is 0 Å². The van der Waals surface area contributed by atoms with Crippen LogP contribution in [0.4, 0.5) is 22.0 Å². The van der Waals surface area contributed by atoms with Gasteiger partial charge in [0.15, 0.2) is 0 Å². The molecule has 1 aromatic carbocycles. The number of aromatic hydroxyl groups is 1. The number of halogens is 5. The fourth-order valence-corrected chi connectivity index (χ4v) is 10.4. The van der Waals surface area contributed by atoms with E-state index in [2.05, 4.69) is 18.9 Å². The van der Waals surface area contributed by atoms with Crippen molar-refractivity contribution in [2.24, 2.45) is 28.6 Å². The van der Waals surface area contributed by atoms with Gasteiger partial charge in [-0.1, -0.05) is 25.8 Å². The van der Waals surface area contributed by atoms with Gasteiger partial charge in [0.05, 0.1) is 12.2 Å². The van der Waals surface area contributed by atoms with Gasteiger partial charge in [0.25, 0.3) is 0 Å². The van der Waals surface area contributed by atoms with Gasteiger partial charge in [-0.2, -0.15) is 33.7 Å². The molecule has 5 rings (SSSR count). The lowest BCUT2D eigenvalue weighted by atomic mass is 9.50. The molecular weight excluding hydrogens is 597 g/mol. The highest BCUT2D eigenvalue weighted by Gasteiger charge is 2.71. The van der Waals surface area contributed by atoms with Gasteiger partial charge in [0, 0.05) is 11.8 Å². The van der Waals surface area contributed by atoms with Crippen LogP contribution in [0.5, 0.6) is 5.75 Å². The predicted molar refractivity (Wildman–Crippen MR) is 164 cm³/mol. The van der Waals surface area contributed by atoms with Crippen molar-refractivity contribution in [3.05, 3.63) is 29.3 Å². The van der Waals surface area contributed by atoms with E-state index in [9.17, 15) is 37.3 Å². The number of nitrogens with zero attached hydrogens (tertiary/aromatic N) is 1. The van der Waals surface area contributed by atoms with E-state index < -0.39 is 24.6 Å². The number of hydrogen-bond acceptors (Lipinski definition) is 5. The molecule has 1 aromatic rings. The molecule has 0 aromatic heterocycles. The summed E-state index contributed by atoms with van der Waals surface area (Å²) in [6.07, 6.45) is 2.43. The zero-order chi connectivity index (χ0) is 31.9. The molecular formula is C34H50F5NO3S. The summed E-state index contributed by atoms with van der Waals surface area (Å²) < 4.78 is 62.8. The highest BCUT2D eigenvalue weighted by Crippen LogP contribution is 2.76. The second-order valence-electron chi connectivity index (χ2n) is 14.5. The lowest BCUT2D eigenvalue weighted by Crippen LogP contribution is -2.47. The van der Waals surface area contributed by atoms with Crippen LogP contribution in [0.15, 0.2) is 18.2 Å². The van der Waals surface area contributed by atoms with Crippen LogP contribution in [0.2, 0.25) is 0 Å². The first kappa shape index (κ1) is 34.2. The van der Waals surface area contributed by atoms with Gasteiger partial charge >= 0.3 is 12.1 Å². The third-order valence-electron chi connectivity index (χ3n) is 12.1. The molecule has 4 aliphatic rings. The Labute approximate surface area is 263 Å². The minimum absolute atomic E-state index is 0.0677. The highest BCUT2D eigenvalue weighted by molar-refractivity contribution is 7.99. The fraction of sp³-hybridized carbons (Fsp3) is 0.824. The van der Waals surface area contributed by atoms with Crippen LogP contribution < -0.4 is 0 Å². The summed E-state index contributed by atoms with van der Waals surface area (Å²) in [6, 6.07) is 5.52. The van der Waals surface area contributed by atoms with E-state index in [4.69, 9.17) is 0 Å². The maximum atomic E-state index is 13.0. The molecule has 4 nitrogen and oxygen atoms in total. The number of unbranched alkanes of at least 4 members (excludes halogenated alkanes) is 2. The number of phenolic OH excluding ortho intramolecular Hbond substituents is 1. The summed E-state index contributed by atoms with van der Waals surface area (Å²) in [5.74, 6) is -2.20. The van der Waals surface area contributed by atoms with Crippen LogP contribution in [0, 0.1) is 28.6 Å². The van der Waals surface area contributed by atoms with E-state index in [1.165, 1.54) is 17.3 Å². The number of aliphatic hydroxyl groups excluding tert-OH is 2. The molecule has 0 bridgehead atoms. The molecule has 10 heteroatoms. The van der Waals surface area contributed by atoms with Gasteiger partial charge in [-0.3, -0.25) is 0 Å². The third-order valence-corrected chi connectivity index (χ3v) is 13.2. The first-order valence-electron chi connectivity index (χ1n) is 16.6. The molecule has 0 radical (unpaired) electrons. The molecule has 3 saturated carbocycles. The lowest BCUT2D eigenvalue weighted by molar-refractivity contribution is -0.284. The lowest BCUT2D eigenvalue weighted by Gasteiger charge is -2.55. The normalized spacial score (nSPS) is 32.5. The average molecular weight is 648 g/mol. The number of fused-ring (bicyclic) bond motifs is 6. The maximum absolute atomic E-state index is 13.0. The Hall–Kier alpha value is -1.10. The number of thioether (sulfide) groups is 1. The molecule has 1 spiro atoms. The van der Waals surface area contributed by atoms with Crippen LogP contribution in [-0.2, 0) is 0 Å². The molecule has 0 saturated heterocycles. The van der Waals surface area contributed by atoms with Crippen molar-refractivity contribution in [1.82, 2.24) is 4.90 Å². The van der Waals surface area contributed by atoms with E-state index in [-0.39, 0.29) is 35.0 Å². The number of phenols is 1. The van der Waals surface area contributed by atoms with Crippen molar-refractivity contribution >= 4 is 11.8 Å². The summed E-state index contributed by atoms with van der Waals surface area (Å²) in [6.45, 7) is 4.18.